The molecule has 6 heteroatoms. The molecule has 3 rings (SSSR count). The molecular weight excluding hydrogens is 294 g/mol. The van der Waals surface area contributed by atoms with Gasteiger partial charge in [0.2, 0.25) is 5.91 Å². The summed E-state index contributed by atoms with van der Waals surface area (Å²) in [4.78, 5) is 18.1. The van der Waals surface area contributed by atoms with Crippen molar-refractivity contribution in [3.05, 3.63) is 10.6 Å². The van der Waals surface area contributed by atoms with Gasteiger partial charge in [-0.2, -0.15) is 0 Å². The van der Waals surface area contributed by atoms with E-state index in [1.165, 1.54) is 36.3 Å². The number of aromatic nitrogens is 1. The van der Waals surface area contributed by atoms with Gasteiger partial charge in [-0.15, -0.1) is 23.7 Å². The Kier molecular flexibility index (Phi) is 5.81. The molecule has 1 atom stereocenters. The van der Waals surface area contributed by atoms with E-state index in [0.717, 1.165) is 37.4 Å². The number of carbonyl (C=O) groups is 1. The molecule has 0 spiro atoms. The van der Waals surface area contributed by atoms with Crippen molar-refractivity contribution in [2.75, 3.05) is 11.9 Å². The predicted octanol–water partition coefficient (Wildman–Crippen LogP) is 2.91. The zero-order chi connectivity index (χ0) is 13.1. The van der Waals surface area contributed by atoms with Crippen LogP contribution in [0.15, 0.2) is 0 Å². The van der Waals surface area contributed by atoms with Crippen LogP contribution in [0.1, 0.15) is 49.1 Å². The maximum Gasteiger partial charge on any atom is 0.243 e. The maximum absolute atomic E-state index is 12.1. The normalized spacial score (nSPS) is 22.3. The van der Waals surface area contributed by atoms with Crippen molar-refractivity contribution in [3.63, 3.8) is 0 Å². The summed E-state index contributed by atoms with van der Waals surface area (Å²) >= 11 is 1.67. The van der Waals surface area contributed by atoms with E-state index in [9.17, 15) is 4.79 Å². The number of piperidine rings is 1. The number of thiazole rings is 1. The van der Waals surface area contributed by atoms with E-state index in [2.05, 4.69) is 15.6 Å². The minimum atomic E-state index is -0.0301. The van der Waals surface area contributed by atoms with E-state index >= 15 is 0 Å². The summed E-state index contributed by atoms with van der Waals surface area (Å²) in [7, 11) is 0. The Balaban J connectivity index is 0.00000147. The molecule has 0 radical (unpaired) electrons. The Morgan fingerprint density at radius 3 is 2.85 bits per heavy atom. The lowest BCUT2D eigenvalue weighted by Crippen LogP contribution is -2.43. The first kappa shape index (κ1) is 15.7. The van der Waals surface area contributed by atoms with E-state index in [-0.39, 0.29) is 24.4 Å². The molecule has 1 aliphatic heterocycles. The van der Waals surface area contributed by atoms with Crippen LogP contribution in [0.5, 0.6) is 0 Å². The molecule has 2 aliphatic rings. The lowest BCUT2D eigenvalue weighted by molar-refractivity contribution is -0.118. The van der Waals surface area contributed by atoms with E-state index in [0.29, 0.717) is 0 Å². The molecule has 1 unspecified atom stereocenters. The molecule has 1 aliphatic carbocycles. The molecule has 2 heterocycles. The first-order valence-electron chi connectivity index (χ1n) is 7.36. The van der Waals surface area contributed by atoms with Crippen LogP contribution in [0.4, 0.5) is 5.13 Å². The van der Waals surface area contributed by atoms with Gasteiger partial charge in [-0.25, -0.2) is 4.98 Å². The molecule has 0 saturated carbocycles. The van der Waals surface area contributed by atoms with E-state index in [1.54, 1.807) is 11.3 Å². The number of hydrogen-bond acceptors (Lipinski definition) is 4. The van der Waals surface area contributed by atoms with Crippen LogP contribution < -0.4 is 10.6 Å². The zero-order valence-electron chi connectivity index (χ0n) is 11.6. The summed E-state index contributed by atoms with van der Waals surface area (Å²) in [6.07, 6.45) is 9.25. The third kappa shape index (κ3) is 3.71. The standard InChI is InChI=1S/C14H21N3OS.ClH/c18-13(11-7-4-5-9-15-11)17-14-16-10-6-2-1-3-8-12(10)19-14;/h11,15H,1-9H2,(H,16,17,18);1H. The molecule has 2 N–H and O–H groups in total. The average Bonchev–Trinajstić information content (AvgIpc) is 2.69. The number of anilines is 1. The molecule has 1 amide bonds. The highest BCUT2D eigenvalue weighted by molar-refractivity contribution is 7.15. The quantitative estimate of drug-likeness (QED) is 0.825. The van der Waals surface area contributed by atoms with Gasteiger partial charge in [0.05, 0.1) is 11.7 Å². The number of rotatable bonds is 2. The van der Waals surface area contributed by atoms with Crippen LogP contribution in [0.25, 0.3) is 0 Å². The second kappa shape index (κ2) is 7.38. The van der Waals surface area contributed by atoms with Crippen molar-refractivity contribution < 1.29 is 4.79 Å². The number of hydrogen-bond donors (Lipinski definition) is 2. The molecule has 1 fully saturated rings. The van der Waals surface area contributed by atoms with E-state index in [4.69, 9.17) is 0 Å². The predicted molar refractivity (Wildman–Crippen MR) is 84.9 cm³/mol. The molecule has 112 valence electrons. The fourth-order valence-electron chi connectivity index (χ4n) is 2.85. The summed E-state index contributed by atoms with van der Waals surface area (Å²) in [5.41, 5.74) is 1.22. The second-order valence-corrected chi connectivity index (χ2v) is 6.52. The van der Waals surface area contributed by atoms with Crippen LogP contribution in [0.3, 0.4) is 0 Å². The topological polar surface area (TPSA) is 54.0 Å². The Hall–Kier alpha value is -0.650. The van der Waals surface area contributed by atoms with Gasteiger partial charge in [0.15, 0.2) is 5.13 Å². The summed E-state index contributed by atoms with van der Waals surface area (Å²) < 4.78 is 0. The fourth-order valence-corrected chi connectivity index (χ4v) is 3.90. The zero-order valence-corrected chi connectivity index (χ0v) is 13.2. The highest BCUT2D eigenvalue weighted by Crippen LogP contribution is 2.29. The van der Waals surface area contributed by atoms with Crippen LogP contribution in [0.2, 0.25) is 0 Å². The van der Waals surface area contributed by atoms with Crippen LogP contribution in [-0.2, 0) is 17.6 Å². The fraction of sp³-hybridized carbons (Fsp3) is 0.714. The minimum Gasteiger partial charge on any atom is -0.306 e. The summed E-state index contributed by atoms with van der Waals surface area (Å²) in [6.45, 7) is 0.951. The van der Waals surface area contributed by atoms with Crippen LogP contribution >= 0.6 is 23.7 Å². The van der Waals surface area contributed by atoms with Gasteiger partial charge < -0.3 is 10.6 Å². The number of nitrogens with zero attached hydrogens (tertiary/aromatic N) is 1. The number of amides is 1. The molecule has 1 saturated heterocycles. The Morgan fingerprint density at radius 1 is 1.20 bits per heavy atom. The van der Waals surface area contributed by atoms with Crippen LogP contribution in [-0.4, -0.2) is 23.5 Å². The van der Waals surface area contributed by atoms with Crippen molar-refractivity contribution in [1.82, 2.24) is 10.3 Å². The Labute approximate surface area is 130 Å². The smallest absolute Gasteiger partial charge is 0.243 e. The van der Waals surface area contributed by atoms with E-state index < -0.39 is 0 Å². The van der Waals surface area contributed by atoms with Gasteiger partial charge in [0.25, 0.3) is 0 Å². The highest BCUT2D eigenvalue weighted by atomic mass is 35.5. The molecule has 0 bridgehead atoms. The first-order valence-corrected chi connectivity index (χ1v) is 8.17. The maximum atomic E-state index is 12.1. The molecular formula is C14H22ClN3OS. The lowest BCUT2D eigenvalue weighted by Gasteiger charge is -2.21. The van der Waals surface area contributed by atoms with Crippen molar-refractivity contribution in [2.45, 2.75) is 57.4 Å². The van der Waals surface area contributed by atoms with Crippen molar-refractivity contribution in [1.29, 1.82) is 0 Å². The molecule has 0 aromatic carbocycles. The SMILES string of the molecule is Cl.O=C(Nc1nc2c(s1)CCCCC2)C1CCCCN1. The van der Waals surface area contributed by atoms with Gasteiger partial charge in [0, 0.05) is 4.88 Å². The summed E-state index contributed by atoms with van der Waals surface area (Å²) in [5, 5.41) is 7.07. The summed E-state index contributed by atoms with van der Waals surface area (Å²) in [6, 6.07) is -0.0301. The Morgan fingerprint density at radius 2 is 2.05 bits per heavy atom. The second-order valence-electron chi connectivity index (χ2n) is 5.44. The number of halogens is 1. The monoisotopic (exact) mass is 315 g/mol. The van der Waals surface area contributed by atoms with Crippen LogP contribution in [0, 0.1) is 0 Å². The molecule has 1 aromatic rings. The summed E-state index contributed by atoms with van der Waals surface area (Å²) in [5.74, 6) is 0.0867. The largest absolute Gasteiger partial charge is 0.306 e. The van der Waals surface area contributed by atoms with Gasteiger partial charge >= 0.3 is 0 Å². The molecule has 4 nitrogen and oxygen atoms in total. The van der Waals surface area contributed by atoms with E-state index in [1.807, 2.05) is 0 Å². The number of carbonyl (C=O) groups excluding carboxylic acids is 1. The third-order valence-corrected chi connectivity index (χ3v) is 5.03. The van der Waals surface area contributed by atoms with Gasteiger partial charge in [-0.05, 0) is 45.1 Å². The Bertz CT molecular complexity index is 434. The van der Waals surface area contributed by atoms with Gasteiger partial charge in [-0.1, -0.05) is 12.8 Å². The lowest BCUT2D eigenvalue weighted by atomic mass is 10.0. The average molecular weight is 316 g/mol. The minimum absolute atomic E-state index is 0. The van der Waals surface area contributed by atoms with Crippen molar-refractivity contribution >= 4 is 34.8 Å². The van der Waals surface area contributed by atoms with Gasteiger partial charge in [-0.3, -0.25) is 4.79 Å². The molecule has 1 aromatic heterocycles. The highest BCUT2D eigenvalue weighted by Gasteiger charge is 2.22. The van der Waals surface area contributed by atoms with Gasteiger partial charge in [0.1, 0.15) is 0 Å². The number of aryl methyl sites for hydroxylation is 2. The number of nitrogens with one attached hydrogen (secondary N) is 2. The third-order valence-electron chi connectivity index (χ3n) is 3.95. The van der Waals surface area contributed by atoms with Crippen molar-refractivity contribution in [2.24, 2.45) is 0 Å². The number of fused-ring (bicyclic) bond motifs is 1. The molecule has 20 heavy (non-hydrogen) atoms. The van der Waals surface area contributed by atoms with Crippen molar-refractivity contribution in [3.8, 4) is 0 Å². The first-order chi connectivity index (χ1) is 9.33.